The predicted octanol–water partition coefficient (Wildman–Crippen LogP) is 6.25. The summed E-state index contributed by atoms with van der Waals surface area (Å²) in [6.07, 6.45) is 2.90. The lowest BCUT2D eigenvalue weighted by Gasteiger charge is -2.14. The third-order valence-electron chi connectivity index (χ3n) is 5.46. The number of non-ortho nitro benzene ring substituents is 1. The molecule has 3 aromatic carbocycles. The fraction of sp³-hybridized carbons (Fsp3) is 0.192. The number of nitro groups is 1. The number of aromatic nitrogens is 2. The van der Waals surface area contributed by atoms with Crippen LogP contribution in [0.15, 0.2) is 73.4 Å². The molecule has 9 nitrogen and oxygen atoms in total. The highest BCUT2D eigenvalue weighted by Crippen LogP contribution is 2.35. The van der Waals surface area contributed by atoms with Crippen molar-refractivity contribution in [2.24, 2.45) is 5.10 Å². The molecule has 0 radical (unpaired) electrons. The standard InChI is InChI=1S/C26H22Br2N4O5/c1-3-4-24-30-22-10-7-18(27)12-21(22)26(33)31(24)29-14-17-11-19(28)13-23(36-2)25(17)37-15-16-5-8-20(9-6-16)32(34)35/h5-14H,3-4,15H2,1-2H3. The minimum Gasteiger partial charge on any atom is -0.493 e. The van der Waals surface area contributed by atoms with Crippen LogP contribution in [0.4, 0.5) is 5.69 Å². The van der Waals surface area contributed by atoms with Crippen molar-refractivity contribution in [3.8, 4) is 11.5 Å². The first-order chi connectivity index (χ1) is 17.8. The van der Waals surface area contributed by atoms with Crippen molar-refractivity contribution in [1.29, 1.82) is 0 Å². The van der Waals surface area contributed by atoms with E-state index in [-0.39, 0.29) is 17.9 Å². The maximum Gasteiger partial charge on any atom is 0.282 e. The number of benzene rings is 3. The molecule has 37 heavy (non-hydrogen) atoms. The number of halogens is 2. The van der Waals surface area contributed by atoms with Crippen LogP contribution < -0.4 is 15.0 Å². The monoisotopic (exact) mass is 628 g/mol. The van der Waals surface area contributed by atoms with E-state index >= 15 is 0 Å². The third kappa shape index (κ3) is 6.05. The zero-order chi connectivity index (χ0) is 26.5. The van der Waals surface area contributed by atoms with Crippen LogP contribution in [0.5, 0.6) is 11.5 Å². The Labute approximate surface area is 229 Å². The van der Waals surface area contributed by atoms with E-state index in [4.69, 9.17) is 9.47 Å². The first-order valence-corrected chi connectivity index (χ1v) is 12.9. The smallest absolute Gasteiger partial charge is 0.282 e. The number of ether oxygens (including phenoxy) is 2. The molecule has 0 bridgehead atoms. The summed E-state index contributed by atoms with van der Waals surface area (Å²) in [5.74, 6) is 1.42. The zero-order valence-corrected chi connectivity index (χ0v) is 23.2. The van der Waals surface area contributed by atoms with Gasteiger partial charge in [-0.15, -0.1) is 0 Å². The van der Waals surface area contributed by atoms with Crippen LogP contribution in [-0.2, 0) is 13.0 Å². The minimum absolute atomic E-state index is 0.00199. The van der Waals surface area contributed by atoms with Crippen molar-refractivity contribution in [2.75, 3.05) is 7.11 Å². The molecule has 4 rings (SSSR count). The van der Waals surface area contributed by atoms with Gasteiger partial charge in [0.2, 0.25) is 0 Å². The van der Waals surface area contributed by atoms with Crippen molar-refractivity contribution in [3.63, 3.8) is 0 Å². The van der Waals surface area contributed by atoms with E-state index in [0.29, 0.717) is 40.2 Å². The Morgan fingerprint density at radius 2 is 1.86 bits per heavy atom. The molecule has 0 spiro atoms. The van der Waals surface area contributed by atoms with Crippen LogP contribution in [-0.4, -0.2) is 27.9 Å². The van der Waals surface area contributed by atoms with E-state index in [1.165, 1.54) is 30.1 Å². The summed E-state index contributed by atoms with van der Waals surface area (Å²) < 4.78 is 14.4. The van der Waals surface area contributed by atoms with E-state index < -0.39 is 4.92 Å². The van der Waals surface area contributed by atoms with Crippen LogP contribution in [0.25, 0.3) is 10.9 Å². The topological polar surface area (TPSA) is 109 Å². The molecule has 1 aromatic heterocycles. The van der Waals surface area contributed by atoms with Crippen LogP contribution in [0.2, 0.25) is 0 Å². The molecule has 0 amide bonds. The molecule has 0 aliphatic carbocycles. The quantitative estimate of drug-likeness (QED) is 0.123. The normalized spacial score (nSPS) is 11.2. The van der Waals surface area contributed by atoms with Gasteiger partial charge in [-0.2, -0.15) is 9.78 Å². The Morgan fingerprint density at radius 1 is 1.11 bits per heavy atom. The number of nitrogens with zero attached hydrogens (tertiary/aromatic N) is 4. The number of fused-ring (bicyclic) bond motifs is 1. The number of aryl methyl sites for hydroxylation is 1. The van der Waals surface area contributed by atoms with Gasteiger partial charge in [0.15, 0.2) is 11.5 Å². The van der Waals surface area contributed by atoms with Crippen LogP contribution in [0, 0.1) is 10.1 Å². The Balaban J connectivity index is 1.74. The number of hydrogen-bond acceptors (Lipinski definition) is 7. The Bertz CT molecular complexity index is 1550. The summed E-state index contributed by atoms with van der Waals surface area (Å²) in [6.45, 7) is 2.15. The maximum absolute atomic E-state index is 13.3. The Hall–Kier alpha value is -3.57. The molecule has 0 aliphatic rings. The lowest BCUT2D eigenvalue weighted by molar-refractivity contribution is -0.384. The second-order valence-electron chi connectivity index (χ2n) is 8.04. The molecule has 0 N–H and O–H groups in total. The first kappa shape index (κ1) is 26.5. The molecule has 4 aromatic rings. The van der Waals surface area contributed by atoms with Gasteiger partial charge in [0.25, 0.3) is 11.2 Å². The lowest BCUT2D eigenvalue weighted by Crippen LogP contribution is -2.22. The Morgan fingerprint density at radius 3 is 2.54 bits per heavy atom. The van der Waals surface area contributed by atoms with Gasteiger partial charge in [0.1, 0.15) is 12.4 Å². The van der Waals surface area contributed by atoms with Gasteiger partial charge in [-0.05, 0) is 54.4 Å². The molecule has 0 saturated carbocycles. The van der Waals surface area contributed by atoms with Crippen molar-refractivity contribution in [1.82, 2.24) is 9.66 Å². The van der Waals surface area contributed by atoms with E-state index in [9.17, 15) is 14.9 Å². The number of methoxy groups -OCH3 is 1. The third-order valence-corrected chi connectivity index (χ3v) is 6.41. The summed E-state index contributed by atoms with van der Waals surface area (Å²) in [4.78, 5) is 28.5. The van der Waals surface area contributed by atoms with Gasteiger partial charge >= 0.3 is 0 Å². The average Bonchev–Trinajstić information content (AvgIpc) is 2.88. The second kappa shape index (κ2) is 11.7. The molecule has 11 heteroatoms. The van der Waals surface area contributed by atoms with E-state index in [0.717, 1.165) is 20.9 Å². The minimum atomic E-state index is -0.452. The van der Waals surface area contributed by atoms with Gasteiger partial charge in [-0.1, -0.05) is 38.8 Å². The SMILES string of the molecule is CCCc1nc2ccc(Br)cc2c(=O)n1N=Cc1cc(Br)cc(OC)c1OCc1ccc([N+](=O)[O-])cc1. The Kier molecular flexibility index (Phi) is 8.34. The molecular weight excluding hydrogens is 608 g/mol. The lowest BCUT2D eigenvalue weighted by atomic mass is 10.2. The first-order valence-electron chi connectivity index (χ1n) is 11.3. The number of hydrogen-bond donors (Lipinski definition) is 0. The zero-order valence-electron chi connectivity index (χ0n) is 20.0. The molecule has 0 saturated heterocycles. The summed E-state index contributed by atoms with van der Waals surface area (Å²) in [7, 11) is 1.52. The van der Waals surface area contributed by atoms with Gasteiger partial charge < -0.3 is 9.47 Å². The number of nitro benzene ring substituents is 1. The predicted molar refractivity (Wildman–Crippen MR) is 149 cm³/mol. The van der Waals surface area contributed by atoms with Crippen molar-refractivity contribution in [3.05, 3.63) is 101 Å². The van der Waals surface area contributed by atoms with Gasteiger partial charge in [0.05, 0.1) is 29.2 Å². The van der Waals surface area contributed by atoms with Crippen LogP contribution >= 0.6 is 31.9 Å². The number of rotatable bonds is 9. The highest BCUT2D eigenvalue weighted by molar-refractivity contribution is 9.10. The van der Waals surface area contributed by atoms with Crippen LogP contribution in [0.1, 0.15) is 30.3 Å². The summed E-state index contributed by atoms with van der Waals surface area (Å²) >= 11 is 6.89. The molecule has 0 fully saturated rings. The van der Waals surface area contributed by atoms with E-state index in [1.807, 2.05) is 13.0 Å². The van der Waals surface area contributed by atoms with E-state index in [2.05, 4.69) is 41.9 Å². The molecule has 1 heterocycles. The van der Waals surface area contributed by atoms with Crippen molar-refractivity contribution in [2.45, 2.75) is 26.4 Å². The molecule has 0 aliphatic heterocycles. The van der Waals surface area contributed by atoms with E-state index in [1.54, 1.807) is 36.4 Å². The van der Waals surface area contributed by atoms with Gasteiger partial charge in [-0.3, -0.25) is 14.9 Å². The fourth-order valence-electron chi connectivity index (χ4n) is 3.68. The van der Waals surface area contributed by atoms with Crippen molar-refractivity contribution >= 4 is 54.7 Å². The molecular formula is C26H22Br2N4O5. The van der Waals surface area contributed by atoms with Crippen molar-refractivity contribution < 1.29 is 14.4 Å². The summed E-state index contributed by atoms with van der Waals surface area (Å²) in [5, 5.41) is 15.9. The van der Waals surface area contributed by atoms with Gasteiger partial charge in [-0.25, -0.2) is 4.98 Å². The molecule has 0 unspecified atom stereocenters. The fourth-order valence-corrected chi connectivity index (χ4v) is 4.50. The molecule has 190 valence electrons. The average molecular weight is 630 g/mol. The summed E-state index contributed by atoms with van der Waals surface area (Å²) in [5.41, 5.74) is 1.64. The summed E-state index contributed by atoms with van der Waals surface area (Å²) in [6, 6.07) is 15.0. The van der Waals surface area contributed by atoms with Crippen LogP contribution in [0.3, 0.4) is 0 Å². The largest absolute Gasteiger partial charge is 0.493 e. The highest BCUT2D eigenvalue weighted by Gasteiger charge is 2.15. The molecule has 0 atom stereocenters. The van der Waals surface area contributed by atoms with Gasteiger partial charge in [0, 0.05) is 33.1 Å². The second-order valence-corrected chi connectivity index (χ2v) is 9.87. The highest BCUT2D eigenvalue weighted by atomic mass is 79.9. The maximum atomic E-state index is 13.3.